The van der Waals surface area contributed by atoms with E-state index in [0.717, 1.165) is 17.7 Å². The van der Waals surface area contributed by atoms with E-state index in [1.54, 1.807) is 22.7 Å². The molecule has 0 saturated carbocycles. The Balaban J connectivity index is 1.61. The third-order valence-electron chi connectivity index (χ3n) is 4.14. The van der Waals surface area contributed by atoms with Crippen molar-refractivity contribution in [3.8, 4) is 0 Å². The summed E-state index contributed by atoms with van der Waals surface area (Å²) in [5, 5.41) is 3.15. The maximum atomic E-state index is 12.8. The van der Waals surface area contributed by atoms with Crippen LogP contribution in [0.5, 0.6) is 0 Å². The number of benzene rings is 1. The Labute approximate surface area is 137 Å². The highest BCUT2D eigenvalue weighted by atomic mass is 32.2. The maximum Gasteiger partial charge on any atom is 0.416 e. The summed E-state index contributed by atoms with van der Waals surface area (Å²) in [5.41, 5.74) is -0.0813. The lowest BCUT2D eigenvalue weighted by Gasteiger charge is -2.37. The number of nitrogens with zero attached hydrogens (tertiary/aromatic N) is 2. The summed E-state index contributed by atoms with van der Waals surface area (Å²) in [5.74, 6) is 1.67. The van der Waals surface area contributed by atoms with Crippen molar-refractivity contribution in [3.63, 3.8) is 0 Å². The number of alkyl halides is 3. The number of piperazine rings is 1. The predicted molar refractivity (Wildman–Crippen MR) is 84.5 cm³/mol. The SMILES string of the molecule is O=C(C1CSCN1)N1CCN(c2cccc(C(F)(F)F)c2)CC1. The van der Waals surface area contributed by atoms with Crippen LogP contribution >= 0.6 is 11.8 Å². The molecule has 8 heteroatoms. The monoisotopic (exact) mass is 345 g/mol. The molecule has 0 aromatic heterocycles. The van der Waals surface area contributed by atoms with Crippen molar-refractivity contribution < 1.29 is 18.0 Å². The van der Waals surface area contributed by atoms with E-state index < -0.39 is 11.7 Å². The second kappa shape index (κ2) is 6.60. The van der Waals surface area contributed by atoms with Crippen LogP contribution in [0, 0.1) is 0 Å². The third-order valence-corrected chi connectivity index (χ3v) is 5.08. The minimum absolute atomic E-state index is 0.0960. The summed E-state index contributed by atoms with van der Waals surface area (Å²) < 4.78 is 38.4. The first-order chi connectivity index (χ1) is 10.9. The van der Waals surface area contributed by atoms with E-state index in [2.05, 4.69) is 5.32 Å². The van der Waals surface area contributed by atoms with Gasteiger partial charge in [0, 0.05) is 43.5 Å². The van der Waals surface area contributed by atoms with Crippen LogP contribution in [0.4, 0.5) is 18.9 Å². The summed E-state index contributed by atoms with van der Waals surface area (Å²) in [6.45, 7) is 2.18. The minimum Gasteiger partial charge on any atom is -0.368 e. The number of carbonyl (C=O) groups excluding carboxylic acids is 1. The van der Waals surface area contributed by atoms with E-state index in [9.17, 15) is 18.0 Å². The van der Waals surface area contributed by atoms with E-state index in [4.69, 9.17) is 0 Å². The number of halogens is 3. The quantitative estimate of drug-likeness (QED) is 0.890. The van der Waals surface area contributed by atoms with E-state index in [-0.39, 0.29) is 11.9 Å². The van der Waals surface area contributed by atoms with Crippen molar-refractivity contribution in [2.75, 3.05) is 42.7 Å². The van der Waals surface area contributed by atoms with Crippen molar-refractivity contribution in [3.05, 3.63) is 29.8 Å². The van der Waals surface area contributed by atoms with Crippen molar-refractivity contribution >= 4 is 23.4 Å². The van der Waals surface area contributed by atoms with Crippen molar-refractivity contribution in [1.29, 1.82) is 0 Å². The number of rotatable bonds is 2. The average Bonchev–Trinajstić information content (AvgIpc) is 3.08. The van der Waals surface area contributed by atoms with Crippen LogP contribution in [-0.2, 0) is 11.0 Å². The fourth-order valence-electron chi connectivity index (χ4n) is 2.84. The molecular formula is C15H18F3N3OS. The largest absolute Gasteiger partial charge is 0.416 e. The van der Waals surface area contributed by atoms with Gasteiger partial charge in [-0.05, 0) is 18.2 Å². The van der Waals surface area contributed by atoms with Crippen LogP contribution in [0.3, 0.4) is 0 Å². The van der Waals surface area contributed by atoms with Gasteiger partial charge in [-0.1, -0.05) is 6.07 Å². The number of carbonyl (C=O) groups is 1. The molecule has 1 aromatic rings. The Bertz CT molecular complexity index is 567. The molecule has 0 aliphatic carbocycles. The molecule has 1 amide bonds. The molecular weight excluding hydrogens is 327 g/mol. The predicted octanol–water partition coefficient (Wildman–Crippen LogP) is 2.02. The molecule has 126 valence electrons. The molecule has 2 aliphatic rings. The standard InChI is InChI=1S/C15H18F3N3OS/c16-15(17,18)11-2-1-3-12(8-11)20-4-6-21(7-5-20)14(22)13-9-23-10-19-13/h1-3,8,13,19H,4-7,9-10H2. The first-order valence-electron chi connectivity index (χ1n) is 7.47. The lowest BCUT2D eigenvalue weighted by molar-refractivity contribution is -0.137. The fraction of sp³-hybridized carbons (Fsp3) is 0.533. The van der Waals surface area contributed by atoms with Crippen molar-refractivity contribution in [2.45, 2.75) is 12.2 Å². The van der Waals surface area contributed by atoms with Gasteiger partial charge in [-0.3, -0.25) is 10.1 Å². The van der Waals surface area contributed by atoms with Crippen LogP contribution in [0.2, 0.25) is 0 Å². The Morgan fingerprint density at radius 1 is 1.22 bits per heavy atom. The lowest BCUT2D eigenvalue weighted by Crippen LogP contribution is -2.53. The molecule has 2 aliphatic heterocycles. The molecule has 2 fully saturated rings. The Morgan fingerprint density at radius 3 is 2.57 bits per heavy atom. The Morgan fingerprint density at radius 2 is 1.96 bits per heavy atom. The zero-order chi connectivity index (χ0) is 16.4. The van der Waals surface area contributed by atoms with Crippen LogP contribution in [-0.4, -0.2) is 54.7 Å². The molecule has 0 bridgehead atoms. The summed E-state index contributed by atoms with van der Waals surface area (Å²) >= 11 is 1.70. The van der Waals surface area contributed by atoms with Gasteiger partial charge in [0.2, 0.25) is 5.91 Å². The highest BCUT2D eigenvalue weighted by Gasteiger charge is 2.32. The van der Waals surface area contributed by atoms with Crippen molar-refractivity contribution in [1.82, 2.24) is 10.2 Å². The average molecular weight is 345 g/mol. The summed E-state index contributed by atoms with van der Waals surface area (Å²) in [6, 6.07) is 5.23. The summed E-state index contributed by atoms with van der Waals surface area (Å²) in [7, 11) is 0. The minimum atomic E-state index is -4.33. The normalized spacial score (nSPS) is 22.5. The Hall–Kier alpha value is -1.41. The van der Waals surface area contributed by atoms with Gasteiger partial charge in [0.1, 0.15) is 0 Å². The molecule has 1 aromatic carbocycles. The third kappa shape index (κ3) is 3.74. The smallest absolute Gasteiger partial charge is 0.368 e. The topological polar surface area (TPSA) is 35.6 Å². The highest BCUT2D eigenvalue weighted by Crippen LogP contribution is 2.31. The van der Waals surface area contributed by atoms with Crippen LogP contribution in [0.25, 0.3) is 0 Å². The molecule has 3 rings (SSSR count). The van der Waals surface area contributed by atoms with E-state index in [1.165, 1.54) is 12.1 Å². The number of nitrogens with one attached hydrogen (secondary N) is 1. The number of amides is 1. The van der Waals surface area contributed by atoms with Gasteiger partial charge in [0.05, 0.1) is 11.6 Å². The van der Waals surface area contributed by atoms with Gasteiger partial charge < -0.3 is 9.80 Å². The fourth-order valence-corrected chi connectivity index (χ4v) is 3.77. The van der Waals surface area contributed by atoms with Crippen molar-refractivity contribution in [2.24, 2.45) is 0 Å². The summed E-state index contributed by atoms with van der Waals surface area (Å²) in [4.78, 5) is 16.0. The number of hydrogen-bond donors (Lipinski definition) is 1. The second-order valence-electron chi connectivity index (χ2n) is 5.63. The van der Waals surface area contributed by atoms with Gasteiger partial charge >= 0.3 is 6.18 Å². The summed E-state index contributed by atoms with van der Waals surface area (Å²) in [6.07, 6.45) is -4.33. The van der Waals surface area contributed by atoms with Crippen LogP contribution < -0.4 is 10.2 Å². The van der Waals surface area contributed by atoms with Gasteiger partial charge in [-0.15, -0.1) is 11.8 Å². The molecule has 1 unspecified atom stereocenters. The van der Waals surface area contributed by atoms with Crippen LogP contribution in [0.1, 0.15) is 5.56 Å². The second-order valence-corrected chi connectivity index (χ2v) is 6.66. The molecule has 23 heavy (non-hydrogen) atoms. The van der Waals surface area contributed by atoms with Gasteiger partial charge in [0.25, 0.3) is 0 Å². The first-order valence-corrected chi connectivity index (χ1v) is 8.63. The zero-order valence-electron chi connectivity index (χ0n) is 12.5. The number of hydrogen-bond acceptors (Lipinski definition) is 4. The molecule has 4 nitrogen and oxygen atoms in total. The zero-order valence-corrected chi connectivity index (χ0v) is 13.3. The highest BCUT2D eigenvalue weighted by molar-refractivity contribution is 7.99. The molecule has 0 radical (unpaired) electrons. The molecule has 2 heterocycles. The van der Waals surface area contributed by atoms with Gasteiger partial charge in [-0.2, -0.15) is 13.2 Å². The number of thioether (sulfide) groups is 1. The molecule has 1 atom stereocenters. The first kappa shape index (κ1) is 16.4. The Kier molecular flexibility index (Phi) is 4.72. The molecule has 2 saturated heterocycles. The molecule has 0 spiro atoms. The van der Waals surface area contributed by atoms with Crippen LogP contribution in [0.15, 0.2) is 24.3 Å². The molecule has 1 N–H and O–H groups in total. The number of anilines is 1. The van der Waals surface area contributed by atoms with Gasteiger partial charge in [-0.25, -0.2) is 0 Å². The van der Waals surface area contributed by atoms with E-state index in [0.29, 0.717) is 31.9 Å². The maximum absolute atomic E-state index is 12.8. The lowest BCUT2D eigenvalue weighted by atomic mass is 10.1. The van der Waals surface area contributed by atoms with Gasteiger partial charge in [0.15, 0.2) is 0 Å². The van der Waals surface area contributed by atoms with E-state index >= 15 is 0 Å². The van der Waals surface area contributed by atoms with E-state index in [1.807, 2.05) is 4.90 Å².